The van der Waals surface area contributed by atoms with E-state index in [2.05, 4.69) is 35.1 Å². The highest BCUT2D eigenvalue weighted by Gasteiger charge is 2.21. The van der Waals surface area contributed by atoms with Crippen molar-refractivity contribution in [2.24, 2.45) is 0 Å². The van der Waals surface area contributed by atoms with Crippen molar-refractivity contribution in [3.8, 4) is 0 Å². The zero-order valence-corrected chi connectivity index (χ0v) is 11.4. The van der Waals surface area contributed by atoms with E-state index in [-0.39, 0.29) is 0 Å². The first-order chi connectivity index (χ1) is 8.90. The van der Waals surface area contributed by atoms with Crippen LogP contribution in [0.1, 0.15) is 24.7 Å². The van der Waals surface area contributed by atoms with E-state index in [1.165, 1.54) is 11.3 Å². The molecule has 0 saturated carbocycles. The van der Waals surface area contributed by atoms with Crippen LogP contribution in [0.15, 0.2) is 24.3 Å². The van der Waals surface area contributed by atoms with Crippen LogP contribution >= 0.6 is 11.8 Å². The van der Waals surface area contributed by atoms with Crippen LogP contribution in [0, 0.1) is 0 Å². The molecular formula is C14H18N2OS. The van der Waals surface area contributed by atoms with Crippen LogP contribution in [0.25, 0.3) is 11.0 Å². The van der Waals surface area contributed by atoms with Gasteiger partial charge in [0.25, 0.3) is 0 Å². The molecule has 1 aliphatic rings. The van der Waals surface area contributed by atoms with Crippen molar-refractivity contribution in [2.45, 2.75) is 24.6 Å². The van der Waals surface area contributed by atoms with E-state index >= 15 is 0 Å². The highest BCUT2D eigenvalue weighted by atomic mass is 32.2. The van der Waals surface area contributed by atoms with E-state index in [1.807, 2.05) is 11.8 Å². The number of aromatic nitrogens is 2. The van der Waals surface area contributed by atoms with Gasteiger partial charge in [0.05, 0.1) is 16.8 Å². The first kappa shape index (κ1) is 12.1. The van der Waals surface area contributed by atoms with Crippen molar-refractivity contribution < 1.29 is 4.74 Å². The van der Waals surface area contributed by atoms with Crippen LogP contribution in [-0.2, 0) is 10.5 Å². The third kappa shape index (κ3) is 2.15. The number of rotatable bonds is 3. The van der Waals surface area contributed by atoms with Gasteiger partial charge in [0.2, 0.25) is 0 Å². The maximum absolute atomic E-state index is 5.47. The summed E-state index contributed by atoms with van der Waals surface area (Å²) in [7, 11) is 0. The standard InChI is InChI=1S/C14H18N2OS/c1-18-10-14-15-12-4-2-3-5-13(12)16(14)11-6-8-17-9-7-11/h2-5,11H,6-10H2,1H3. The summed E-state index contributed by atoms with van der Waals surface area (Å²) in [5.74, 6) is 2.18. The van der Waals surface area contributed by atoms with Crippen molar-refractivity contribution in [1.82, 2.24) is 9.55 Å². The Bertz CT molecular complexity index is 532. The van der Waals surface area contributed by atoms with Gasteiger partial charge in [-0.1, -0.05) is 12.1 Å². The molecule has 1 aromatic heterocycles. The lowest BCUT2D eigenvalue weighted by molar-refractivity contribution is 0.0700. The number of fused-ring (bicyclic) bond motifs is 1. The molecule has 1 aromatic carbocycles. The van der Waals surface area contributed by atoms with Gasteiger partial charge in [-0.3, -0.25) is 0 Å². The Labute approximate surface area is 112 Å². The van der Waals surface area contributed by atoms with E-state index in [1.54, 1.807) is 0 Å². The molecule has 1 fully saturated rings. The second kappa shape index (κ2) is 5.33. The zero-order valence-electron chi connectivity index (χ0n) is 10.6. The number of nitrogens with zero attached hydrogens (tertiary/aromatic N) is 2. The molecule has 0 amide bonds. The van der Waals surface area contributed by atoms with E-state index < -0.39 is 0 Å². The number of hydrogen-bond donors (Lipinski definition) is 0. The molecule has 1 saturated heterocycles. The first-order valence-corrected chi connectivity index (χ1v) is 7.82. The molecular weight excluding hydrogens is 244 g/mol. The van der Waals surface area contributed by atoms with Gasteiger partial charge < -0.3 is 9.30 Å². The third-order valence-electron chi connectivity index (χ3n) is 3.50. The van der Waals surface area contributed by atoms with Crippen LogP contribution in [-0.4, -0.2) is 29.0 Å². The summed E-state index contributed by atoms with van der Waals surface area (Å²) in [4.78, 5) is 4.78. The average molecular weight is 262 g/mol. The molecule has 0 radical (unpaired) electrons. The minimum atomic E-state index is 0.549. The Balaban J connectivity index is 2.07. The van der Waals surface area contributed by atoms with Crippen molar-refractivity contribution in [2.75, 3.05) is 19.5 Å². The highest BCUT2D eigenvalue weighted by molar-refractivity contribution is 7.97. The van der Waals surface area contributed by atoms with Gasteiger partial charge in [0, 0.05) is 19.3 Å². The number of thioether (sulfide) groups is 1. The van der Waals surface area contributed by atoms with Crippen LogP contribution in [0.2, 0.25) is 0 Å². The molecule has 3 rings (SSSR count). The highest BCUT2D eigenvalue weighted by Crippen LogP contribution is 2.29. The molecule has 2 heterocycles. The molecule has 96 valence electrons. The van der Waals surface area contributed by atoms with Gasteiger partial charge >= 0.3 is 0 Å². The molecule has 0 atom stereocenters. The normalized spacial score (nSPS) is 17.4. The van der Waals surface area contributed by atoms with Crippen molar-refractivity contribution >= 4 is 22.8 Å². The number of hydrogen-bond acceptors (Lipinski definition) is 3. The van der Waals surface area contributed by atoms with Gasteiger partial charge in [0.15, 0.2) is 0 Å². The van der Waals surface area contributed by atoms with Crippen molar-refractivity contribution in [1.29, 1.82) is 0 Å². The molecule has 4 heteroatoms. The van der Waals surface area contributed by atoms with Gasteiger partial charge in [-0.2, -0.15) is 11.8 Å². The van der Waals surface area contributed by atoms with E-state index in [0.29, 0.717) is 6.04 Å². The van der Waals surface area contributed by atoms with Gasteiger partial charge in [-0.25, -0.2) is 4.98 Å². The molecule has 18 heavy (non-hydrogen) atoms. The van der Waals surface area contributed by atoms with Crippen molar-refractivity contribution in [3.63, 3.8) is 0 Å². The number of imidazole rings is 1. The number of para-hydroxylation sites is 2. The zero-order chi connectivity index (χ0) is 12.4. The van der Waals surface area contributed by atoms with Crippen LogP contribution < -0.4 is 0 Å². The quantitative estimate of drug-likeness (QED) is 0.849. The predicted octanol–water partition coefficient (Wildman–Crippen LogP) is 3.25. The molecule has 0 spiro atoms. The molecule has 0 unspecified atom stereocenters. The second-order valence-corrected chi connectivity index (χ2v) is 5.53. The summed E-state index contributed by atoms with van der Waals surface area (Å²) in [5, 5.41) is 0. The lowest BCUT2D eigenvalue weighted by Crippen LogP contribution is -2.21. The summed E-state index contributed by atoms with van der Waals surface area (Å²) < 4.78 is 7.91. The topological polar surface area (TPSA) is 27.1 Å². The Hall–Kier alpha value is -1.00. The molecule has 1 aliphatic heterocycles. The van der Waals surface area contributed by atoms with Crippen LogP contribution in [0.4, 0.5) is 0 Å². The Kier molecular flexibility index (Phi) is 3.57. The monoisotopic (exact) mass is 262 g/mol. The smallest absolute Gasteiger partial charge is 0.120 e. The van der Waals surface area contributed by atoms with Crippen LogP contribution in [0.3, 0.4) is 0 Å². The van der Waals surface area contributed by atoms with Gasteiger partial charge in [0.1, 0.15) is 5.82 Å². The molecule has 3 nitrogen and oxygen atoms in total. The number of ether oxygens (including phenoxy) is 1. The Morgan fingerprint density at radius 3 is 2.89 bits per heavy atom. The van der Waals surface area contributed by atoms with E-state index in [4.69, 9.17) is 9.72 Å². The molecule has 0 bridgehead atoms. The summed E-state index contributed by atoms with van der Waals surface area (Å²) in [6.45, 7) is 1.74. The lowest BCUT2D eigenvalue weighted by atomic mass is 10.1. The fraction of sp³-hybridized carbons (Fsp3) is 0.500. The Morgan fingerprint density at radius 2 is 2.11 bits per heavy atom. The maximum Gasteiger partial charge on any atom is 0.120 e. The largest absolute Gasteiger partial charge is 0.381 e. The maximum atomic E-state index is 5.47. The van der Waals surface area contributed by atoms with E-state index in [0.717, 1.165) is 37.3 Å². The van der Waals surface area contributed by atoms with Gasteiger partial charge in [-0.15, -0.1) is 0 Å². The number of benzene rings is 1. The minimum absolute atomic E-state index is 0.549. The summed E-state index contributed by atoms with van der Waals surface area (Å²) in [6.07, 6.45) is 4.33. The fourth-order valence-corrected chi connectivity index (χ4v) is 3.14. The Morgan fingerprint density at radius 1 is 1.33 bits per heavy atom. The van der Waals surface area contributed by atoms with Crippen LogP contribution in [0.5, 0.6) is 0 Å². The van der Waals surface area contributed by atoms with Gasteiger partial charge in [-0.05, 0) is 31.2 Å². The molecule has 0 aliphatic carbocycles. The SMILES string of the molecule is CSCc1nc2ccccc2n1C1CCOCC1. The average Bonchev–Trinajstić information content (AvgIpc) is 2.78. The lowest BCUT2D eigenvalue weighted by Gasteiger charge is -2.25. The minimum Gasteiger partial charge on any atom is -0.381 e. The summed E-state index contributed by atoms with van der Waals surface area (Å²) >= 11 is 1.83. The molecule has 2 aromatic rings. The first-order valence-electron chi connectivity index (χ1n) is 6.42. The molecule has 0 N–H and O–H groups in total. The third-order valence-corrected chi connectivity index (χ3v) is 4.05. The second-order valence-electron chi connectivity index (χ2n) is 4.66. The van der Waals surface area contributed by atoms with Crippen molar-refractivity contribution in [3.05, 3.63) is 30.1 Å². The predicted molar refractivity (Wildman–Crippen MR) is 76.0 cm³/mol. The van der Waals surface area contributed by atoms with E-state index in [9.17, 15) is 0 Å². The fourth-order valence-electron chi connectivity index (χ4n) is 2.68. The summed E-state index contributed by atoms with van der Waals surface area (Å²) in [5.41, 5.74) is 2.39. The summed E-state index contributed by atoms with van der Waals surface area (Å²) in [6, 6.07) is 9.00.